The maximum absolute atomic E-state index is 12.9. The molecule has 0 fully saturated rings. The lowest BCUT2D eigenvalue weighted by Gasteiger charge is -2.09. The highest BCUT2D eigenvalue weighted by Crippen LogP contribution is 2.16. The van der Waals surface area contributed by atoms with Crippen LogP contribution in [-0.4, -0.2) is 10.9 Å². The molecule has 0 aliphatic rings. The molecule has 1 aromatic heterocycles. The normalized spacial score (nSPS) is 10.2. The molecule has 0 atom stereocenters. The topological polar surface area (TPSA) is 54.0 Å². The van der Waals surface area contributed by atoms with Gasteiger partial charge in [0.25, 0.3) is 5.91 Å². The van der Waals surface area contributed by atoms with E-state index in [0.717, 1.165) is 16.9 Å². The molecule has 3 rings (SSSR count). The van der Waals surface area contributed by atoms with Crippen LogP contribution in [0.4, 0.5) is 15.8 Å². The Kier molecular flexibility index (Phi) is 4.81. The number of benzene rings is 2. The molecule has 24 heavy (non-hydrogen) atoms. The van der Waals surface area contributed by atoms with Gasteiger partial charge in [0.1, 0.15) is 5.82 Å². The quantitative estimate of drug-likeness (QED) is 0.749. The molecule has 0 aliphatic carbocycles. The van der Waals surface area contributed by atoms with E-state index in [0.29, 0.717) is 12.1 Å². The van der Waals surface area contributed by atoms with Crippen LogP contribution in [0.15, 0.2) is 73.1 Å². The molecule has 2 N–H and O–H groups in total. The van der Waals surface area contributed by atoms with Gasteiger partial charge in [-0.15, -0.1) is 0 Å². The zero-order chi connectivity index (χ0) is 16.8. The van der Waals surface area contributed by atoms with Crippen LogP contribution in [0.1, 0.15) is 15.9 Å². The lowest BCUT2D eigenvalue weighted by molar-refractivity contribution is 0.0950. The summed E-state index contributed by atoms with van der Waals surface area (Å²) in [5.41, 5.74) is 2.94. The predicted molar refractivity (Wildman–Crippen MR) is 91.5 cm³/mol. The highest BCUT2D eigenvalue weighted by Gasteiger charge is 2.07. The van der Waals surface area contributed by atoms with Crippen LogP contribution < -0.4 is 10.6 Å². The number of hydrogen-bond acceptors (Lipinski definition) is 3. The van der Waals surface area contributed by atoms with Crippen LogP contribution in [0.25, 0.3) is 0 Å². The largest absolute Gasteiger partial charge is 0.354 e. The lowest BCUT2D eigenvalue weighted by atomic mass is 10.2. The summed E-state index contributed by atoms with van der Waals surface area (Å²) in [6.07, 6.45) is 3.17. The third kappa shape index (κ3) is 4.16. The number of anilines is 2. The molecule has 0 saturated carbocycles. The van der Waals surface area contributed by atoms with Crippen molar-refractivity contribution in [2.24, 2.45) is 0 Å². The first kappa shape index (κ1) is 15.7. The molecule has 0 radical (unpaired) electrons. The molecular formula is C19H16FN3O. The van der Waals surface area contributed by atoms with Crippen LogP contribution in [0.3, 0.4) is 0 Å². The van der Waals surface area contributed by atoms with Crippen LogP contribution >= 0.6 is 0 Å². The van der Waals surface area contributed by atoms with E-state index in [-0.39, 0.29) is 11.7 Å². The molecule has 5 heteroatoms. The average Bonchev–Trinajstić information content (AvgIpc) is 2.62. The number of carbonyl (C=O) groups is 1. The minimum absolute atomic E-state index is 0.233. The van der Waals surface area contributed by atoms with E-state index in [9.17, 15) is 9.18 Å². The molecule has 0 aliphatic heterocycles. The number of nitrogens with one attached hydrogen (secondary N) is 2. The van der Waals surface area contributed by atoms with Gasteiger partial charge in [-0.3, -0.25) is 9.78 Å². The second-order valence-corrected chi connectivity index (χ2v) is 5.26. The summed E-state index contributed by atoms with van der Waals surface area (Å²) in [4.78, 5) is 16.3. The molecular weight excluding hydrogens is 305 g/mol. The summed E-state index contributed by atoms with van der Waals surface area (Å²) in [5.74, 6) is -0.530. The maximum Gasteiger partial charge on any atom is 0.253 e. The third-order valence-electron chi connectivity index (χ3n) is 3.43. The zero-order valence-electron chi connectivity index (χ0n) is 12.9. The number of aromatic nitrogens is 1. The highest BCUT2D eigenvalue weighted by molar-refractivity contribution is 5.94. The summed E-state index contributed by atoms with van der Waals surface area (Å²) >= 11 is 0. The number of halogens is 1. The molecule has 120 valence electrons. The molecule has 0 saturated heterocycles. The number of pyridine rings is 1. The van der Waals surface area contributed by atoms with Crippen molar-refractivity contribution in [3.63, 3.8) is 0 Å². The molecule has 4 nitrogen and oxygen atoms in total. The summed E-state index contributed by atoms with van der Waals surface area (Å²) < 4.78 is 12.9. The van der Waals surface area contributed by atoms with E-state index in [1.807, 2.05) is 30.3 Å². The third-order valence-corrected chi connectivity index (χ3v) is 3.43. The van der Waals surface area contributed by atoms with Crippen molar-refractivity contribution in [1.82, 2.24) is 10.3 Å². The molecule has 1 amide bonds. The van der Waals surface area contributed by atoms with Gasteiger partial charge in [-0.1, -0.05) is 30.3 Å². The predicted octanol–water partition coefficient (Wildman–Crippen LogP) is 3.89. The standard InChI is InChI=1S/C19H16FN3O/c20-16-8-6-14(7-9-16)11-22-19(24)15-10-18(13-21-12-15)23-17-4-2-1-3-5-17/h1-10,12-13,23H,11H2,(H,22,24). The fraction of sp³-hybridized carbons (Fsp3) is 0.0526. The Bertz CT molecular complexity index is 820. The number of carbonyl (C=O) groups excluding carboxylic acids is 1. The molecule has 0 bridgehead atoms. The molecule has 0 unspecified atom stereocenters. The zero-order valence-corrected chi connectivity index (χ0v) is 12.9. The lowest BCUT2D eigenvalue weighted by Crippen LogP contribution is -2.23. The van der Waals surface area contributed by atoms with Gasteiger partial charge in [-0.25, -0.2) is 4.39 Å². The van der Waals surface area contributed by atoms with Gasteiger partial charge in [-0.2, -0.15) is 0 Å². The minimum atomic E-state index is -0.297. The Labute approximate surface area is 139 Å². The van der Waals surface area contributed by atoms with Crippen LogP contribution in [-0.2, 0) is 6.54 Å². The monoisotopic (exact) mass is 321 g/mol. The van der Waals surface area contributed by atoms with Gasteiger partial charge < -0.3 is 10.6 Å². The van der Waals surface area contributed by atoms with Crippen molar-refractivity contribution >= 4 is 17.3 Å². The van der Waals surface area contributed by atoms with E-state index < -0.39 is 0 Å². The number of para-hydroxylation sites is 1. The van der Waals surface area contributed by atoms with E-state index >= 15 is 0 Å². The van der Waals surface area contributed by atoms with Crippen molar-refractivity contribution in [1.29, 1.82) is 0 Å². The fourth-order valence-corrected chi connectivity index (χ4v) is 2.21. The van der Waals surface area contributed by atoms with Gasteiger partial charge in [0.2, 0.25) is 0 Å². The molecule has 2 aromatic carbocycles. The minimum Gasteiger partial charge on any atom is -0.354 e. The fourth-order valence-electron chi connectivity index (χ4n) is 2.21. The first-order valence-electron chi connectivity index (χ1n) is 7.50. The SMILES string of the molecule is O=C(NCc1ccc(F)cc1)c1cncc(Nc2ccccc2)c1. The average molecular weight is 321 g/mol. The van der Waals surface area contributed by atoms with Crippen molar-refractivity contribution in [2.45, 2.75) is 6.54 Å². The number of nitrogens with zero attached hydrogens (tertiary/aromatic N) is 1. The first-order valence-corrected chi connectivity index (χ1v) is 7.50. The Balaban J connectivity index is 1.64. The number of hydrogen-bond donors (Lipinski definition) is 2. The molecule has 0 spiro atoms. The van der Waals surface area contributed by atoms with Crippen molar-refractivity contribution in [3.05, 3.63) is 90.0 Å². The van der Waals surface area contributed by atoms with E-state index in [1.165, 1.54) is 18.3 Å². The summed E-state index contributed by atoms with van der Waals surface area (Å²) in [6.45, 7) is 0.329. The maximum atomic E-state index is 12.9. The van der Waals surface area contributed by atoms with E-state index in [4.69, 9.17) is 0 Å². The second kappa shape index (κ2) is 7.37. The van der Waals surface area contributed by atoms with Crippen molar-refractivity contribution in [3.8, 4) is 0 Å². The van der Waals surface area contributed by atoms with E-state index in [1.54, 1.807) is 24.4 Å². The van der Waals surface area contributed by atoms with E-state index in [2.05, 4.69) is 15.6 Å². The first-order chi connectivity index (χ1) is 11.7. The number of rotatable bonds is 5. The molecule has 3 aromatic rings. The summed E-state index contributed by atoms with van der Waals surface area (Å²) in [5, 5.41) is 5.99. The second-order valence-electron chi connectivity index (χ2n) is 5.26. The van der Waals surface area contributed by atoms with Crippen molar-refractivity contribution in [2.75, 3.05) is 5.32 Å². The van der Waals surface area contributed by atoms with Gasteiger partial charge in [-0.05, 0) is 35.9 Å². The van der Waals surface area contributed by atoms with Gasteiger partial charge >= 0.3 is 0 Å². The molecule has 1 heterocycles. The van der Waals surface area contributed by atoms with Gasteiger partial charge in [0.15, 0.2) is 0 Å². The van der Waals surface area contributed by atoms with Crippen LogP contribution in [0.5, 0.6) is 0 Å². The summed E-state index contributed by atoms with van der Waals surface area (Å²) in [6, 6.07) is 17.4. The Morgan fingerprint density at radius 1 is 0.958 bits per heavy atom. The Morgan fingerprint density at radius 3 is 2.46 bits per heavy atom. The van der Waals surface area contributed by atoms with Gasteiger partial charge in [0, 0.05) is 18.4 Å². The Morgan fingerprint density at radius 2 is 1.71 bits per heavy atom. The van der Waals surface area contributed by atoms with Crippen molar-refractivity contribution < 1.29 is 9.18 Å². The Hall–Kier alpha value is -3.21. The van der Waals surface area contributed by atoms with Crippen LogP contribution in [0, 0.1) is 5.82 Å². The highest BCUT2D eigenvalue weighted by atomic mass is 19.1. The van der Waals surface area contributed by atoms with Crippen LogP contribution in [0.2, 0.25) is 0 Å². The summed E-state index contributed by atoms with van der Waals surface area (Å²) in [7, 11) is 0. The smallest absolute Gasteiger partial charge is 0.253 e. The van der Waals surface area contributed by atoms with Gasteiger partial charge in [0.05, 0.1) is 17.4 Å². The number of amides is 1.